The summed E-state index contributed by atoms with van der Waals surface area (Å²) >= 11 is 6.00. The van der Waals surface area contributed by atoms with Gasteiger partial charge in [-0.05, 0) is 18.6 Å². The molecule has 2 rings (SSSR count). The Balaban J connectivity index is 2.45. The van der Waals surface area contributed by atoms with Crippen LogP contribution in [0.15, 0.2) is 18.2 Å². The molecular weight excluding hydrogens is 202 g/mol. The van der Waals surface area contributed by atoms with Crippen molar-refractivity contribution in [1.29, 1.82) is 0 Å². The lowest BCUT2D eigenvalue weighted by atomic mass is 10.3. The Morgan fingerprint density at radius 2 is 2.21 bits per heavy atom. The molecule has 5 heteroatoms. The average molecular weight is 212 g/mol. The molecule has 0 fully saturated rings. The number of aromatic nitrogens is 3. The third kappa shape index (κ3) is 1.58. The fourth-order valence-corrected chi connectivity index (χ4v) is 1.62. The van der Waals surface area contributed by atoms with Crippen LogP contribution in [-0.4, -0.2) is 26.3 Å². The SMILES string of the molecule is OCCCc1nnc2cccc(Cl)n12. The smallest absolute Gasteiger partial charge is 0.161 e. The number of nitrogens with zero attached hydrogens (tertiary/aromatic N) is 3. The summed E-state index contributed by atoms with van der Waals surface area (Å²) in [5, 5.41) is 17.3. The van der Waals surface area contributed by atoms with E-state index in [4.69, 9.17) is 16.7 Å². The zero-order valence-electron chi connectivity index (χ0n) is 7.52. The molecule has 1 N–H and O–H groups in total. The van der Waals surface area contributed by atoms with Crippen molar-refractivity contribution >= 4 is 17.2 Å². The van der Waals surface area contributed by atoms with Gasteiger partial charge in [0.1, 0.15) is 11.0 Å². The number of aliphatic hydroxyl groups excluding tert-OH is 1. The fourth-order valence-electron chi connectivity index (χ4n) is 1.36. The van der Waals surface area contributed by atoms with E-state index in [0.717, 1.165) is 11.5 Å². The molecule has 2 aromatic rings. The minimum Gasteiger partial charge on any atom is -0.396 e. The van der Waals surface area contributed by atoms with Gasteiger partial charge in [0.15, 0.2) is 5.65 Å². The summed E-state index contributed by atoms with van der Waals surface area (Å²) in [4.78, 5) is 0. The van der Waals surface area contributed by atoms with Crippen molar-refractivity contribution in [2.75, 3.05) is 6.61 Å². The quantitative estimate of drug-likeness (QED) is 0.779. The Morgan fingerprint density at radius 1 is 1.36 bits per heavy atom. The van der Waals surface area contributed by atoms with E-state index in [1.165, 1.54) is 0 Å². The van der Waals surface area contributed by atoms with Crippen molar-refractivity contribution in [3.05, 3.63) is 29.2 Å². The molecule has 0 aliphatic rings. The van der Waals surface area contributed by atoms with Crippen LogP contribution in [0, 0.1) is 0 Å². The topological polar surface area (TPSA) is 50.4 Å². The minimum atomic E-state index is 0.152. The summed E-state index contributed by atoms with van der Waals surface area (Å²) in [5.74, 6) is 0.791. The molecule has 4 nitrogen and oxygen atoms in total. The Bertz CT molecular complexity index is 441. The summed E-state index contributed by atoms with van der Waals surface area (Å²) in [7, 11) is 0. The van der Waals surface area contributed by atoms with Crippen molar-refractivity contribution in [2.45, 2.75) is 12.8 Å². The molecule has 0 aliphatic heterocycles. The van der Waals surface area contributed by atoms with Crippen molar-refractivity contribution in [3.8, 4) is 0 Å². The number of halogens is 1. The molecule has 0 unspecified atom stereocenters. The second-order valence-electron chi connectivity index (χ2n) is 2.99. The second kappa shape index (κ2) is 3.94. The Morgan fingerprint density at radius 3 is 3.00 bits per heavy atom. The van der Waals surface area contributed by atoms with Gasteiger partial charge in [-0.3, -0.25) is 4.40 Å². The van der Waals surface area contributed by atoms with E-state index in [-0.39, 0.29) is 6.61 Å². The second-order valence-corrected chi connectivity index (χ2v) is 3.37. The van der Waals surface area contributed by atoms with Gasteiger partial charge in [-0.25, -0.2) is 0 Å². The summed E-state index contributed by atoms with van der Waals surface area (Å²) in [5.41, 5.74) is 0.741. The average Bonchev–Trinajstić information content (AvgIpc) is 2.59. The first-order chi connectivity index (χ1) is 6.83. The Hall–Kier alpha value is -1.13. The standard InChI is InChI=1S/C9H10ClN3O/c10-7-3-1-4-8-11-12-9(13(7)8)5-2-6-14/h1,3-4,14H,2,5-6H2. The number of rotatable bonds is 3. The lowest BCUT2D eigenvalue weighted by Gasteiger charge is -2.00. The maximum absolute atomic E-state index is 8.72. The van der Waals surface area contributed by atoms with Gasteiger partial charge in [-0.1, -0.05) is 17.7 Å². The number of hydrogen-bond acceptors (Lipinski definition) is 3. The van der Waals surface area contributed by atoms with Gasteiger partial charge in [0.25, 0.3) is 0 Å². The highest BCUT2D eigenvalue weighted by Gasteiger charge is 2.06. The first kappa shape index (κ1) is 9.43. The van der Waals surface area contributed by atoms with Crippen LogP contribution in [0.4, 0.5) is 0 Å². The highest BCUT2D eigenvalue weighted by Crippen LogP contribution is 2.14. The van der Waals surface area contributed by atoms with E-state index in [2.05, 4.69) is 10.2 Å². The van der Waals surface area contributed by atoms with Crippen LogP contribution in [-0.2, 0) is 6.42 Å². The molecule has 0 saturated carbocycles. The van der Waals surface area contributed by atoms with Crippen LogP contribution in [0.2, 0.25) is 5.15 Å². The zero-order chi connectivity index (χ0) is 9.97. The number of aliphatic hydroxyl groups is 1. The van der Waals surface area contributed by atoms with Crippen LogP contribution < -0.4 is 0 Å². The van der Waals surface area contributed by atoms with Crippen LogP contribution in [0.5, 0.6) is 0 Å². The molecule has 0 atom stereocenters. The van der Waals surface area contributed by atoms with E-state index >= 15 is 0 Å². The van der Waals surface area contributed by atoms with E-state index in [1.807, 2.05) is 12.1 Å². The Labute approximate surface area is 86.1 Å². The lowest BCUT2D eigenvalue weighted by Crippen LogP contribution is -1.97. The molecule has 0 aromatic carbocycles. The van der Waals surface area contributed by atoms with Gasteiger partial charge in [-0.2, -0.15) is 0 Å². The first-order valence-corrected chi connectivity index (χ1v) is 4.80. The summed E-state index contributed by atoms with van der Waals surface area (Å²) in [6.45, 7) is 0.152. The molecule has 0 bridgehead atoms. The van der Waals surface area contributed by atoms with Crippen molar-refractivity contribution in [1.82, 2.24) is 14.6 Å². The van der Waals surface area contributed by atoms with E-state index in [1.54, 1.807) is 10.5 Å². The van der Waals surface area contributed by atoms with Gasteiger partial charge < -0.3 is 5.11 Å². The predicted octanol–water partition coefficient (Wildman–Crippen LogP) is 1.31. The molecule has 2 aromatic heterocycles. The van der Waals surface area contributed by atoms with Crippen LogP contribution in [0.25, 0.3) is 5.65 Å². The first-order valence-electron chi connectivity index (χ1n) is 4.42. The van der Waals surface area contributed by atoms with E-state index < -0.39 is 0 Å². The van der Waals surface area contributed by atoms with E-state index in [0.29, 0.717) is 18.0 Å². The van der Waals surface area contributed by atoms with Crippen molar-refractivity contribution in [2.24, 2.45) is 0 Å². The zero-order valence-corrected chi connectivity index (χ0v) is 8.28. The monoisotopic (exact) mass is 211 g/mol. The molecule has 0 aliphatic carbocycles. The summed E-state index contributed by atoms with van der Waals surface area (Å²) in [6.07, 6.45) is 1.35. The van der Waals surface area contributed by atoms with Gasteiger partial charge in [0.05, 0.1) is 0 Å². The van der Waals surface area contributed by atoms with Crippen molar-refractivity contribution < 1.29 is 5.11 Å². The molecule has 0 saturated heterocycles. The molecular formula is C9H10ClN3O. The van der Waals surface area contributed by atoms with Crippen LogP contribution >= 0.6 is 11.6 Å². The maximum Gasteiger partial charge on any atom is 0.161 e. The molecule has 74 valence electrons. The van der Waals surface area contributed by atoms with Gasteiger partial charge in [0.2, 0.25) is 0 Å². The number of fused-ring (bicyclic) bond motifs is 1. The van der Waals surface area contributed by atoms with Crippen LogP contribution in [0.1, 0.15) is 12.2 Å². The summed E-state index contributed by atoms with van der Waals surface area (Å²) < 4.78 is 1.79. The minimum absolute atomic E-state index is 0.152. The number of hydrogen-bond donors (Lipinski definition) is 1. The van der Waals surface area contributed by atoms with Crippen molar-refractivity contribution in [3.63, 3.8) is 0 Å². The maximum atomic E-state index is 8.72. The van der Waals surface area contributed by atoms with Crippen LogP contribution in [0.3, 0.4) is 0 Å². The van der Waals surface area contributed by atoms with Gasteiger partial charge in [0, 0.05) is 13.0 Å². The fraction of sp³-hybridized carbons (Fsp3) is 0.333. The van der Waals surface area contributed by atoms with E-state index in [9.17, 15) is 0 Å². The highest BCUT2D eigenvalue weighted by molar-refractivity contribution is 6.29. The third-order valence-electron chi connectivity index (χ3n) is 2.01. The molecule has 0 spiro atoms. The Kier molecular flexibility index (Phi) is 2.65. The highest BCUT2D eigenvalue weighted by atomic mass is 35.5. The predicted molar refractivity (Wildman–Crippen MR) is 53.4 cm³/mol. The number of aryl methyl sites for hydroxylation is 1. The molecule has 0 radical (unpaired) electrons. The molecule has 14 heavy (non-hydrogen) atoms. The third-order valence-corrected chi connectivity index (χ3v) is 2.30. The largest absolute Gasteiger partial charge is 0.396 e. The van der Waals surface area contributed by atoms with Gasteiger partial charge in [-0.15, -0.1) is 10.2 Å². The lowest BCUT2D eigenvalue weighted by molar-refractivity contribution is 0.287. The molecule has 0 amide bonds. The molecule has 2 heterocycles. The number of pyridine rings is 1. The normalized spacial score (nSPS) is 11.0. The van der Waals surface area contributed by atoms with Gasteiger partial charge >= 0.3 is 0 Å². The summed E-state index contributed by atoms with van der Waals surface area (Å²) in [6, 6.07) is 5.48.